The Labute approximate surface area is 192 Å². The van der Waals surface area contributed by atoms with Gasteiger partial charge in [-0.25, -0.2) is 0 Å². The summed E-state index contributed by atoms with van der Waals surface area (Å²) in [6, 6.07) is 13.7. The fraction of sp³-hybridized carbons (Fsp3) is 0.400. The van der Waals surface area contributed by atoms with Gasteiger partial charge in [-0.3, -0.25) is 4.79 Å². The molecule has 8 nitrogen and oxygen atoms in total. The predicted molar refractivity (Wildman–Crippen MR) is 125 cm³/mol. The Morgan fingerprint density at radius 1 is 1.12 bits per heavy atom. The predicted octanol–water partition coefficient (Wildman–Crippen LogP) is 4.51. The quantitative estimate of drug-likeness (QED) is 0.617. The minimum atomic E-state index is -0.0849. The summed E-state index contributed by atoms with van der Waals surface area (Å²) in [7, 11) is 0. The molecule has 1 N–H and O–H groups in total. The zero-order valence-electron chi connectivity index (χ0n) is 18.7. The van der Waals surface area contributed by atoms with E-state index in [-0.39, 0.29) is 17.5 Å². The zero-order valence-corrected chi connectivity index (χ0v) is 18.7. The first-order valence-electron chi connectivity index (χ1n) is 11.5. The molecule has 0 aliphatic carbocycles. The number of hydrogen-bond donors (Lipinski definition) is 1. The van der Waals surface area contributed by atoms with E-state index in [4.69, 9.17) is 8.83 Å². The second-order valence-electron chi connectivity index (χ2n) is 8.90. The molecule has 3 aromatic rings. The Morgan fingerprint density at radius 3 is 2.52 bits per heavy atom. The zero-order chi connectivity index (χ0) is 22.8. The maximum absolute atomic E-state index is 12.8. The number of rotatable bonds is 5. The molecule has 0 saturated carbocycles. The van der Waals surface area contributed by atoms with Crippen LogP contribution in [0.25, 0.3) is 11.7 Å². The van der Waals surface area contributed by atoms with Crippen molar-refractivity contribution in [2.24, 2.45) is 11.8 Å². The van der Waals surface area contributed by atoms with Crippen LogP contribution in [0.4, 0.5) is 17.3 Å². The Kier molecular flexibility index (Phi) is 5.78. The number of hydrogen-bond acceptors (Lipinski definition) is 7. The van der Waals surface area contributed by atoms with E-state index >= 15 is 0 Å². The van der Waals surface area contributed by atoms with Crippen molar-refractivity contribution in [2.45, 2.75) is 26.2 Å². The number of furan rings is 1. The summed E-state index contributed by atoms with van der Waals surface area (Å²) in [4.78, 5) is 21.5. The maximum Gasteiger partial charge on any atom is 0.266 e. The summed E-state index contributed by atoms with van der Waals surface area (Å²) in [5, 5.41) is 12.5. The summed E-state index contributed by atoms with van der Waals surface area (Å²) >= 11 is 0. The number of benzene rings is 1. The molecule has 0 radical (unpaired) electrons. The van der Waals surface area contributed by atoms with E-state index in [0.717, 1.165) is 24.7 Å². The third-order valence-corrected chi connectivity index (χ3v) is 6.52. The minimum absolute atomic E-state index is 0.0338. The van der Waals surface area contributed by atoms with Crippen LogP contribution >= 0.6 is 0 Å². The van der Waals surface area contributed by atoms with Gasteiger partial charge in [-0.15, -0.1) is 0 Å². The van der Waals surface area contributed by atoms with Crippen molar-refractivity contribution >= 4 is 23.2 Å². The Balaban J connectivity index is 1.18. The van der Waals surface area contributed by atoms with Gasteiger partial charge in [-0.2, -0.15) is 10.2 Å². The summed E-state index contributed by atoms with van der Waals surface area (Å²) in [6.45, 7) is 5.69. The molecule has 4 heterocycles. The van der Waals surface area contributed by atoms with Crippen LogP contribution in [-0.4, -0.2) is 37.1 Å². The molecule has 2 aliphatic heterocycles. The molecule has 8 heteroatoms. The third-order valence-electron chi connectivity index (χ3n) is 6.52. The van der Waals surface area contributed by atoms with E-state index in [1.807, 2.05) is 17.0 Å². The van der Waals surface area contributed by atoms with Crippen molar-refractivity contribution in [1.29, 1.82) is 5.26 Å². The maximum atomic E-state index is 12.8. The molecule has 1 aromatic carbocycles. The minimum Gasteiger partial charge on any atom is -0.459 e. The number of anilines is 3. The topological polar surface area (TPSA) is 98.5 Å². The molecule has 1 atom stereocenters. The molecule has 1 amide bonds. The highest BCUT2D eigenvalue weighted by atomic mass is 16.4. The lowest BCUT2D eigenvalue weighted by Gasteiger charge is -2.31. The van der Waals surface area contributed by atoms with Gasteiger partial charge < -0.3 is 24.0 Å². The molecule has 0 spiro atoms. The fourth-order valence-electron chi connectivity index (χ4n) is 4.62. The summed E-state index contributed by atoms with van der Waals surface area (Å²) in [6.07, 6.45) is 4.12. The third kappa shape index (κ3) is 4.44. The van der Waals surface area contributed by atoms with Gasteiger partial charge in [0, 0.05) is 43.5 Å². The monoisotopic (exact) mass is 445 g/mol. The second-order valence-corrected chi connectivity index (χ2v) is 8.90. The molecule has 1 unspecified atom stereocenters. The van der Waals surface area contributed by atoms with E-state index in [9.17, 15) is 10.1 Å². The summed E-state index contributed by atoms with van der Waals surface area (Å²) in [5.41, 5.74) is 2.26. The smallest absolute Gasteiger partial charge is 0.266 e. The highest BCUT2D eigenvalue weighted by Gasteiger charge is 2.29. The van der Waals surface area contributed by atoms with E-state index in [0.29, 0.717) is 43.5 Å². The van der Waals surface area contributed by atoms with Gasteiger partial charge in [-0.05, 0) is 61.6 Å². The normalized spacial score (nSPS) is 19.0. The van der Waals surface area contributed by atoms with Crippen molar-refractivity contribution in [2.75, 3.05) is 41.3 Å². The lowest BCUT2D eigenvalue weighted by atomic mass is 9.96. The van der Waals surface area contributed by atoms with Crippen LogP contribution in [0.5, 0.6) is 0 Å². The first-order chi connectivity index (χ1) is 16.1. The number of amides is 1. The average molecular weight is 446 g/mol. The van der Waals surface area contributed by atoms with Crippen molar-refractivity contribution in [3.05, 3.63) is 48.4 Å². The van der Waals surface area contributed by atoms with Crippen LogP contribution in [-0.2, 0) is 4.79 Å². The molecular formula is C25H27N5O3. The Bertz CT molecular complexity index is 1140. The fourth-order valence-corrected chi connectivity index (χ4v) is 4.62. The first kappa shape index (κ1) is 21.1. The van der Waals surface area contributed by atoms with Gasteiger partial charge in [-0.1, -0.05) is 6.92 Å². The molecule has 170 valence electrons. The van der Waals surface area contributed by atoms with Gasteiger partial charge >= 0.3 is 0 Å². The van der Waals surface area contributed by atoms with Crippen molar-refractivity contribution < 1.29 is 13.6 Å². The highest BCUT2D eigenvalue weighted by molar-refractivity contribution is 5.92. The van der Waals surface area contributed by atoms with Crippen LogP contribution in [0, 0.1) is 23.2 Å². The molecule has 2 aliphatic rings. The Hall–Kier alpha value is -3.73. The van der Waals surface area contributed by atoms with Gasteiger partial charge in [0.2, 0.25) is 17.5 Å². The largest absolute Gasteiger partial charge is 0.459 e. The van der Waals surface area contributed by atoms with Crippen LogP contribution in [0.1, 0.15) is 31.9 Å². The average Bonchev–Trinajstić information content (AvgIpc) is 3.60. The van der Waals surface area contributed by atoms with E-state index in [1.165, 1.54) is 18.4 Å². The van der Waals surface area contributed by atoms with Crippen LogP contribution in [0.3, 0.4) is 0 Å². The van der Waals surface area contributed by atoms with Gasteiger partial charge in [0.25, 0.3) is 5.89 Å². The lowest BCUT2D eigenvalue weighted by molar-refractivity contribution is -0.120. The number of nitrogens with zero attached hydrogens (tertiary/aromatic N) is 4. The van der Waals surface area contributed by atoms with Crippen molar-refractivity contribution in [3.8, 4) is 17.7 Å². The standard InChI is InChI=1S/C25H27N5O3/c1-17-8-11-30(16-17)20-6-4-19(5-7-20)27-23(31)18-9-12-29(13-10-18)25-21(15-26)28-24(33-25)22-3-2-14-32-22/h2-7,14,17-18H,8-13,16H2,1H3,(H,27,31). The number of nitrogens with one attached hydrogen (secondary N) is 1. The number of aromatic nitrogens is 1. The van der Waals surface area contributed by atoms with Gasteiger partial charge in [0.15, 0.2) is 5.76 Å². The van der Waals surface area contributed by atoms with E-state index < -0.39 is 0 Å². The van der Waals surface area contributed by atoms with Crippen LogP contribution in [0.2, 0.25) is 0 Å². The number of oxazole rings is 1. The van der Waals surface area contributed by atoms with Crippen LogP contribution in [0.15, 0.2) is 51.5 Å². The van der Waals surface area contributed by atoms with E-state index in [2.05, 4.69) is 40.3 Å². The lowest BCUT2D eigenvalue weighted by Crippen LogP contribution is -2.38. The van der Waals surface area contributed by atoms with Gasteiger partial charge in [0.05, 0.1) is 6.26 Å². The molecule has 2 saturated heterocycles. The first-order valence-corrected chi connectivity index (χ1v) is 11.5. The van der Waals surface area contributed by atoms with E-state index in [1.54, 1.807) is 12.1 Å². The number of carbonyl (C=O) groups excluding carboxylic acids is 1. The van der Waals surface area contributed by atoms with Crippen molar-refractivity contribution in [3.63, 3.8) is 0 Å². The molecular weight excluding hydrogens is 418 g/mol. The van der Waals surface area contributed by atoms with Gasteiger partial charge in [0.1, 0.15) is 6.07 Å². The molecule has 2 aromatic heterocycles. The van der Waals surface area contributed by atoms with Crippen LogP contribution < -0.4 is 15.1 Å². The number of piperidine rings is 1. The van der Waals surface area contributed by atoms with Crippen molar-refractivity contribution in [1.82, 2.24) is 4.98 Å². The molecule has 0 bridgehead atoms. The Morgan fingerprint density at radius 2 is 1.88 bits per heavy atom. The number of nitriles is 1. The molecule has 33 heavy (non-hydrogen) atoms. The summed E-state index contributed by atoms with van der Waals surface area (Å²) < 4.78 is 11.2. The highest BCUT2D eigenvalue weighted by Crippen LogP contribution is 2.32. The molecule has 5 rings (SSSR count). The summed E-state index contributed by atoms with van der Waals surface area (Å²) in [5.74, 6) is 1.89. The SMILES string of the molecule is CC1CCN(c2ccc(NC(=O)C3CCN(c4oc(-c5ccco5)nc4C#N)CC3)cc2)C1. The second kappa shape index (κ2) is 9.02. The molecule has 2 fully saturated rings. The number of carbonyl (C=O) groups is 1.